The summed E-state index contributed by atoms with van der Waals surface area (Å²) < 4.78 is 0. The van der Waals surface area contributed by atoms with Crippen molar-refractivity contribution in [3.05, 3.63) is 36.2 Å². The summed E-state index contributed by atoms with van der Waals surface area (Å²) >= 11 is 0. The van der Waals surface area contributed by atoms with E-state index in [1.807, 2.05) is 12.3 Å². The predicted octanol–water partition coefficient (Wildman–Crippen LogP) is 2.81. The van der Waals surface area contributed by atoms with Crippen molar-refractivity contribution in [2.24, 2.45) is 17.4 Å². The summed E-state index contributed by atoms with van der Waals surface area (Å²) in [6, 6.07) is 0. The van der Waals surface area contributed by atoms with E-state index in [1.165, 1.54) is 37.8 Å². The van der Waals surface area contributed by atoms with E-state index < -0.39 is 0 Å². The van der Waals surface area contributed by atoms with E-state index in [1.54, 1.807) is 0 Å². The molecule has 5 N–H and O–H groups in total. The Bertz CT molecular complexity index is 305. The quantitative estimate of drug-likeness (QED) is 0.531. The zero-order valence-electron chi connectivity index (χ0n) is 12.0. The van der Waals surface area contributed by atoms with Crippen molar-refractivity contribution < 1.29 is 0 Å². The average molecular weight is 263 g/mol. The van der Waals surface area contributed by atoms with Crippen molar-refractivity contribution in [2.45, 2.75) is 44.9 Å². The molecule has 0 saturated carbocycles. The summed E-state index contributed by atoms with van der Waals surface area (Å²) in [6.07, 6.45) is 18.9. The highest BCUT2D eigenvalue weighted by atomic mass is 14.9. The van der Waals surface area contributed by atoms with Gasteiger partial charge in [0.15, 0.2) is 0 Å². The summed E-state index contributed by atoms with van der Waals surface area (Å²) in [5.74, 6) is 0.605. The van der Waals surface area contributed by atoms with Crippen molar-refractivity contribution in [3.63, 3.8) is 0 Å². The first-order valence-electron chi connectivity index (χ1n) is 7.58. The zero-order valence-corrected chi connectivity index (χ0v) is 12.0. The van der Waals surface area contributed by atoms with Gasteiger partial charge in [-0.05, 0) is 56.8 Å². The molecular weight excluding hydrogens is 234 g/mol. The molecule has 0 saturated heterocycles. The van der Waals surface area contributed by atoms with E-state index in [-0.39, 0.29) is 0 Å². The van der Waals surface area contributed by atoms with Crippen LogP contribution in [0.15, 0.2) is 36.2 Å². The Kier molecular flexibility index (Phi) is 9.11. The van der Waals surface area contributed by atoms with Crippen LogP contribution in [-0.2, 0) is 0 Å². The summed E-state index contributed by atoms with van der Waals surface area (Å²) in [4.78, 5) is 0. The van der Waals surface area contributed by atoms with Gasteiger partial charge in [0.1, 0.15) is 0 Å². The fourth-order valence-corrected chi connectivity index (χ4v) is 2.43. The summed E-state index contributed by atoms with van der Waals surface area (Å²) in [5, 5.41) is 3.40. The number of rotatable bonds is 10. The highest BCUT2D eigenvalue weighted by Gasteiger charge is 2.13. The number of hydrogen-bond acceptors (Lipinski definition) is 3. The molecule has 0 aliphatic carbocycles. The molecule has 1 heterocycles. The van der Waals surface area contributed by atoms with E-state index in [9.17, 15) is 0 Å². The van der Waals surface area contributed by atoms with Gasteiger partial charge in [0, 0.05) is 11.9 Å². The lowest BCUT2D eigenvalue weighted by molar-refractivity contribution is 0.455. The molecule has 0 radical (unpaired) electrons. The van der Waals surface area contributed by atoms with E-state index in [0.29, 0.717) is 5.92 Å². The average Bonchev–Trinajstić information content (AvgIpc) is 2.71. The van der Waals surface area contributed by atoms with Crippen LogP contribution < -0.4 is 16.8 Å². The molecule has 1 aliphatic heterocycles. The fraction of sp³-hybridized carbons (Fsp3) is 0.625. The second-order valence-corrected chi connectivity index (χ2v) is 5.13. The summed E-state index contributed by atoms with van der Waals surface area (Å²) in [7, 11) is 0. The second-order valence-electron chi connectivity index (χ2n) is 5.13. The Morgan fingerprint density at radius 2 is 1.58 bits per heavy atom. The number of nitrogens with two attached hydrogens (primary N) is 2. The van der Waals surface area contributed by atoms with Gasteiger partial charge < -0.3 is 16.8 Å². The molecular formula is C16H29N3. The lowest BCUT2D eigenvalue weighted by atomic mass is 9.92. The van der Waals surface area contributed by atoms with Crippen molar-refractivity contribution >= 4 is 0 Å². The maximum atomic E-state index is 5.65. The monoisotopic (exact) mass is 263 g/mol. The lowest BCUT2D eigenvalue weighted by Crippen LogP contribution is -2.17. The maximum absolute atomic E-state index is 5.65. The minimum Gasteiger partial charge on any atom is -0.365 e. The largest absolute Gasteiger partial charge is 0.365 e. The van der Waals surface area contributed by atoms with Crippen LogP contribution in [-0.4, -0.2) is 13.1 Å². The smallest absolute Gasteiger partial charge is 0.0178 e. The first-order valence-corrected chi connectivity index (χ1v) is 7.58. The van der Waals surface area contributed by atoms with Crippen molar-refractivity contribution in [2.75, 3.05) is 13.1 Å². The third-order valence-electron chi connectivity index (χ3n) is 3.55. The number of nitrogens with one attached hydrogen (secondary N) is 1. The maximum Gasteiger partial charge on any atom is 0.0178 e. The van der Waals surface area contributed by atoms with Crippen LogP contribution in [0.25, 0.3) is 0 Å². The van der Waals surface area contributed by atoms with Gasteiger partial charge in [-0.15, -0.1) is 0 Å². The molecule has 0 spiro atoms. The molecule has 1 rings (SSSR count). The van der Waals surface area contributed by atoms with Gasteiger partial charge in [0.25, 0.3) is 0 Å². The molecule has 108 valence electrons. The van der Waals surface area contributed by atoms with Gasteiger partial charge in [-0.1, -0.05) is 31.4 Å². The van der Waals surface area contributed by atoms with Gasteiger partial charge in [0.2, 0.25) is 0 Å². The van der Waals surface area contributed by atoms with Crippen molar-refractivity contribution in [3.8, 4) is 0 Å². The molecule has 1 unspecified atom stereocenters. The molecule has 3 heteroatoms. The molecule has 0 aromatic carbocycles. The Balaban J connectivity index is 2.39. The van der Waals surface area contributed by atoms with Crippen molar-refractivity contribution in [1.29, 1.82) is 0 Å². The third-order valence-corrected chi connectivity index (χ3v) is 3.55. The van der Waals surface area contributed by atoms with Gasteiger partial charge in [0.05, 0.1) is 0 Å². The molecule has 1 aliphatic rings. The highest BCUT2D eigenvalue weighted by Crippen LogP contribution is 2.23. The minimum absolute atomic E-state index is 0.605. The molecule has 0 aromatic rings. The standard InChI is InChI=1S/C16H29N3/c17-12-6-2-1-4-9-15(10-8-13-18)16-11-5-3-7-14-19-16/h3,5,7,11,14-15,19H,1-2,4,6,8-10,12-13,17-18H2. The van der Waals surface area contributed by atoms with E-state index in [4.69, 9.17) is 11.5 Å². The third kappa shape index (κ3) is 7.19. The molecule has 0 amide bonds. The van der Waals surface area contributed by atoms with Crippen LogP contribution >= 0.6 is 0 Å². The molecule has 3 nitrogen and oxygen atoms in total. The summed E-state index contributed by atoms with van der Waals surface area (Å²) in [6.45, 7) is 1.60. The van der Waals surface area contributed by atoms with Crippen LogP contribution in [0.1, 0.15) is 44.9 Å². The SMILES string of the molecule is NCCCCCCC(CCCN)C1=CC=CC=CN1. The molecule has 1 atom stereocenters. The van der Waals surface area contributed by atoms with Crippen LogP contribution in [0.4, 0.5) is 0 Å². The first-order chi connectivity index (χ1) is 9.38. The van der Waals surface area contributed by atoms with Gasteiger partial charge in [-0.25, -0.2) is 0 Å². The van der Waals surface area contributed by atoms with Crippen LogP contribution in [0.2, 0.25) is 0 Å². The van der Waals surface area contributed by atoms with Crippen LogP contribution in [0.3, 0.4) is 0 Å². The number of hydrogen-bond donors (Lipinski definition) is 3. The molecule has 0 bridgehead atoms. The molecule has 0 fully saturated rings. The molecule has 19 heavy (non-hydrogen) atoms. The second kappa shape index (κ2) is 10.8. The van der Waals surface area contributed by atoms with Crippen LogP contribution in [0, 0.1) is 5.92 Å². The summed E-state index contributed by atoms with van der Waals surface area (Å²) in [5.41, 5.74) is 12.5. The lowest BCUT2D eigenvalue weighted by Gasteiger charge is -2.20. The predicted molar refractivity (Wildman–Crippen MR) is 83.4 cm³/mol. The minimum atomic E-state index is 0.605. The van der Waals surface area contributed by atoms with Gasteiger partial charge >= 0.3 is 0 Å². The highest BCUT2D eigenvalue weighted by molar-refractivity contribution is 5.22. The Labute approximate surface area is 117 Å². The van der Waals surface area contributed by atoms with Crippen LogP contribution in [0.5, 0.6) is 0 Å². The Hall–Kier alpha value is -1.06. The Morgan fingerprint density at radius 3 is 2.37 bits per heavy atom. The van der Waals surface area contributed by atoms with E-state index in [0.717, 1.165) is 25.9 Å². The van der Waals surface area contributed by atoms with E-state index in [2.05, 4.69) is 23.5 Å². The zero-order chi connectivity index (χ0) is 13.8. The van der Waals surface area contributed by atoms with E-state index >= 15 is 0 Å². The Morgan fingerprint density at radius 1 is 0.842 bits per heavy atom. The molecule has 0 aromatic heterocycles. The number of allylic oxidation sites excluding steroid dienone is 5. The number of unbranched alkanes of at least 4 members (excludes halogenated alkanes) is 3. The van der Waals surface area contributed by atoms with Gasteiger partial charge in [-0.2, -0.15) is 0 Å². The fourth-order valence-electron chi connectivity index (χ4n) is 2.43. The van der Waals surface area contributed by atoms with Crippen molar-refractivity contribution in [1.82, 2.24) is 5.32 Å². The first kappa shape index (κ1) is 16.0. The van der Waals surface area contributed by atoms with Gasteiger partial charge in [-0.3, -0.25) is 0 Å². The topological polar surface area (TPSA) is 64.1 Å². The normalized spacial score (nSPS) is 15.8.